The van der Waals surface area contributed by atoms with Gasteiger partial charge in [-0.2, -0.15) is 0 Å². The molecule has 0 saturated heterocycles. The van der Waals surface area contributed by atoms with Gasteiger partial charge in [0.25, 0.3) is 0 Å². The minimum atomic E-state index is -0.247. The molecule has 5 heteroatoms. The van der Waals surface area contributed by atoms with Crippen LogP contribution in [0.5, 0.6) is 0 Å². The zero-order valence-electron chi connectivity index (χ0n) is 12.6. The first-order valence-electron chi connectivity index (χ1n) is 7.40. The number of benzene rings is 2. The molecule has 0 atom stereocenters. The van der Waals surface area contributed by atoms with Crippen LogP contribution in [0.2, 0.25) is 0 Å². The van der Waals surface area contributed by atoms with Crippen molar-refractivity contribution in [2.75, 3.05) is 0 Å². The molecule has 0 aliphatic rings. The number of pyridine rings is 1. The molecule has 0 N–H and O–H groups in total. The van der Waals surface area contributed by atoms with Gasteiger partial charge in [0.1, 0.15) is 10.8 Å². The minimum absolute atomic E-state index is 0.247. The molecule has 0 fully saturated rings. The third-order valence-corrected chi connectivity index (χ3v) is 4.53. The summed E-state index contributed by atoms with van der Waals surface area (Å²) in [5, 5.41) is 1.81. The van der Waals surface area contributed by atoms with Crippen LogP contribution in [0.15, 0.2) is 83.0 Å². The zero-order chi connectivity index (χ0) is 16.4. The van der Waals surface area contributed by atoms with Crippen molar-refractivity contribution in [3.05, 3.63) is 78.9 Å². The summed E-state index contributed by atoms with van der Waals surface area (Å²) < 4.78 is 13.1. The normalized spacial score (nSPS) is 10.9. The fourth-order valence-electron chi connectivity index (χ4n) is 2.36. The van der Waals surface area contributed by atoms with E-state index in [0.717, 1.165) is 26.4 Å². The van der Waals surface area contributed by atoms with E-state index < -0.39 is 0 Å². The topological polar surface area (TPSA) is 38.7 Å². The van der Waals surface area contributed by atoms with Crippen molar-refractivity contribution in [3.8, 4) is 11.4 Å². The van der Waals surface area contributed by atoms with E-state index in [4.69, 9.17) is 4.98 Å². The highest BCUT2D eigenvalue weighted by Crippen LogP contribution is 2.33. The van der Waals surface area contributed by atoms with E-state index in [-0.39, 0.29) is 5.82 Å². The summed E-state index contributed by atoms with van der Waals surface area (Å²) in [6, 6.07) is 18.1. The molecule has 0 unspecified atom stereocenters. The van der Waals surface area contributed by atoms with Gasteiger partial charge in [0.2, 0.25) is 0 Å². The van der Waals surface area contributed by atoms with E-state index in [1.54, 1.807) is 24.5 Å². The number of fused-ring (bicyclic) bond motifs is 1. The van der Waals surface area contributed by atoms with Crippen LogP contribution >= 0.6 is 11.8 Å². The van der Waals surface area contributed by atoms with Crippen molar-refractivity contribution >= 4 is 22.7 Å². The van der Waals surface area contributed by atoms with Gasteiger partial charge in [0.05, 0.1) is 5.52 Å². The van der Waals surface area contributed by atoms with Crippen LogP contribution in [-0.2, 0) is 0 Å². The molecule has 0 amide bonds. The second-order valence-corrected chi connectivity index (χ2v) is 6.23. The van der Waals surface area contributed by atoms with Crippen LogP contribution in [0.4, 0.5) is 4.39 Å². The van der Waals surface area contributed by atoms with E-state index in [2.05, 4.69) is 9.97 Å². The standard InChI is InChI=1S/C19H12FN3S/c20-14-7-9-15(10-8-14)24-19-16-5-1-2-6-17(16)22-18(23-19)13-4-3-11-21-12-13/h1-12H. The summed E-state index contributed by atoms with van der Waals surface area (Å²) in [4.78, 5) is 14.4. The maximum Gasteiger partial charge on any atom is 0.162 e. The summed E-state index contributed by atoms with van der Waals surface area (Å²) in [6.07, 6.45) is 3.47. The van der Waals surface area contributed by atoms with Crippen molar-refractivity contribution in [2.45, 2.75) is 9.92 Å². The molecule has 0 radical (unpaired) electrons. The van der Waals surface area contributed by atoms with Crippen LogP contribution in [0.1, 0.15) is 0 Å². The molecule has 0 bridgehead atoms. The van der Waals surface area contributed by atoms with Crippen molar-refractivity contribution in [3.63, 3.8) is 0 Å². The average Bonchev–Trinajstić information content (AvgIpc) is 2.64. The van der Waals surface area contributed by atoms with Gasteiger partial charge in [-0.3, -0.25) is 4.98 Å². The summed E-state index contributed by atoms with van der Waals surface area (Å²) in [5.74, 6) is 0.384. The van der Waals surface area contributed by atoms with Crippen molar-refractivity contribution in [1.82, 2.24) is 15.0 Å². The maximum atomic E-state index is 13.1. The zero-order valence-corrected chi connectivity index (χ0v) is 13.4. The molecule has 116 valence electrons. The highest BCUT2D eigenvalue weighted by molar-refractivity contribution is 7.99. The number of rotatable bonds is 3. The van der Waals surface area contributed by atoms with Crippen LogP contribution in [0, 0.1) is 5.82 Å². The highest BCUT2D eigenvalue weighted by Gasteiger charge is 2.10. The van der Waals surface area contributed by atoms with Crippen LogP contribution in [-0.4, -0.2) is 15.0 Å². The second-order valence-electron chi connectivity index (χ2n) is 5.17. The van der Waals surface area contributed by atoms with Gasteiger partial charge in [0.15, 0.2) is 5.82 Å². The SMILES string of the molecule is Fc1ccc(Sc2nc(-c3cccnc3)nc3ccccc23)cc1. The summed E-state index contributed by atoms with van der Waals surface area (Å²) in [6.45, 7) is 0. The van der Waals surface area contributed by atoms with E-state index in [0.29, 0.717) is 5.82 Å². The van der Waals surface area contributed by atoms with Gasteiger partial charge in [-0.25, -0.2) is 14.4 Å². The number of halogens is 1. The fraction of sp³-hybridized carbons (Fsp3) is 0. The molecule has 2 aromatic heterocycles. The number of para-hydroxylation sites is 1. The number of hydrogen-bond acceptors (Lipinski definition) is 4. The van der Waals surface area contributed by atoms with Gasteiger partial charge in [-0.1, -0.05) is 30.0 Å². The Morgan fingerprint density at radius 1 is 0.833 bits per heavy atom. The number of aromatic nitrogens is 3. The fourth-order valence-corrected chi connectivity index (χ4v) is 3.27. The Morgan fingerprint density at radius 3 is 2.46 bits per heavy atom. The molecule has 2 heterocycles. The lowest BCUT2D eigenvalue weighted by molar-refractivity contribution is 0.626. The molecule has 2 aromatic carbocycles. The summed E-state index contributed by atoms with van der Waals surface area (Å²) in [5.41, 5.74) is 1.74. The van der Waals surface area contributed by atoms with Crippen molar-refractivity contribution < 1.29 is 4.39 Å². The van der Waals surface area contributed by atoms with E-state index >= 15 is 0 Å². The monoisotopic (exact) mass is 333 g/mol. The van der Waals surface area contributed by atoms with E-state index in [1.165, 1.54) is 23.9 Å². The van der Waals surface area contributed by atoms with Crippen molar-refractivity contribution in [1.29, 1.82) is 0 Å². The Bertz CT molecular complexity index is 988. The molecule has 24 heavy (non-hydrogen) atoms. The van der Waals surface area contributed by atoms with E-state index in [9.17, 15) is 4.39 Å². The highest BCUT2D eigenvalue weighted by atomic mass is 32.2. The first-order valence-corrected chi connectivity index (χ1v) is 8.22. The predicted molar refractivity (Wildman–Crippen MR) is 93.3 cm³/mol. The lowest BCUT2D eigenvalue weighted by Crippen LogP contribution is -1.94. The van der Waals surface area contributed by atoms with Gasteiger partial charge in [-0.15, -0.1) is 0 Å². The van der Waals surface area contributed by atoms with Gasteiger partial charge in [-0.05, 0) is 42.5 Å². The van der Waals surface area contributed by atoms with Crippen LogP contribution in [0.3, 0.4) is 0 Å². The molecule has 4 aromatic rings. The molecule has 4 rings (SSSR count). The van der Waals surface area contributed by atoms with Gasteiger partial charge < -0.3 is 0 Å². The third-order valence-electron chi connectivity index (χ3n) is 3.52. The molecular formula is C19H12FN3S. The minimum Gasteiger partial charge on any atom is -0.264 e. The first kappa shape index (κ1) is 14.8. The molecule has 0 aliphatic heterocycles. The molecule has 0 aliphatic carbocycles. The largest absolute Gasteiger partial charge is 0.264 e. The molecule has 0 spiro atoms. The van der Waals surface area contributed by atoms with Crippen molar-refractivity contribution in [2.24, 2.45) is 0 Å². The Hall–Kier alpha value is -2.79. The Balaban J connectivity index is 1.85. The Morgan fingerprint density at radius 2 is 1.67 bits per heavy atom. The summed E-state index contributed by atoms with van der Waals surface area (Å²) >= 11 is 1.50. The third kappa shape index (κ3) is 2.98. The number of nitrogens with zero attached hydrogens (tertiary/aromatic N) is 3. The quantitative estimate of drug-likeness (QED) is 0.496. The van der Waals surface area contributed by atoms with Gasteiger partial charge in [0, 0.05) is 28.2 Å². The molecule has 3 nitrogen and oxygen atoms in total. The van der Waals surface area contributed by atoms with Gasteiger partial charge >= 0.3 is 0 Å². The van der Waals surface area contributed by atoms with Crippen LogP contribution in [0.25, 0.3) is 22.3 Å². The number of hydrogen-bond donors (Lipinski definition) is 0. The molecule has 0 saturated carbocycles. The second kappa shape index (κ2) is 6.37. The lowest BCUT2D eigenvalue weighted by atomic mass is 10.2. The summed E-state index contributed by atoms with van der Waals surface area (Å²) in [7, 11) is 0. The predicted octanol–water partition coefficient (Wildman–Crippen LogP) is 4.98. The Labute approximate surface area is 142 Å². The first-order chi connectivity index (χ1) is 11.8. The van der Waals surface area contributed by atoms with E-state index in [1.807, 2.05) is 36.4 Å². The van der Waals surface area contributed by atoms with Crippen LogP contribution < -0.4 is 0 Å². The smallest absolute Gasteiger partial charge is 0.162 e. The molecular weight excluding hydrogens is 321 g/mol. The maximum absolute atomic E-state index is 13.1. The lowest BCUT2D eigenvalue weighted by Gasteiger charge is -2.08. The Kier molecular flexibility index (Phi) is 3.92. The average molecular weight is 333 g/mol.